The van der Waals surface area contributed by atoms with Crippen LogP contribution in [0.15, 0.2) is 53.1 Å². The summed E-state index contributed by atoms with van der Waals surface area (Å²) in [6, 6.07) is 12.9. The number of nitrogens with one attached hydrogen (secondary N) is 1. The smallest absolute Gasteiger partial charge is 0.229 e. The standard InChI is InChI=1S/C29H39NO11/c31-13-23-25(35)26(36)27(37)28(41-23)40-22-4-1-3-21-24(22)19(14-39-21)8-5-18-6-9-20(10-7-18)38-12-2-11-30-29(15-32,16-33)17-34/h1,3-4,6-7,9-10,14,23,25-28,30-37H,2,5,8,11-13,15-17H2/t23-,25-,26+,27-,28-/m1/s1. The van der Waals surface area contributed by atoms with Crippen LogP contribution in [0.2, 0.25) is 0 Å². The molecule has 0 saturated carbocycles. The van der Waals surface area contributed by atoms with Crippen LogP contribution in [0.4, 0.5) is 0 Å². The van der Waals surface area contributed by atoms with Crippen LogP contribution in [-0.4, -0.2) is 112 Å². The highest BCUT2D eigenvalue weighted by Crippen LogP contribution is 2.34. The van der Waals surface area contributed by atoms with E-state index < -0.39 is 42.9 Å². The number of benzene rings is 2. The molecule has 1 fully saturated rings. The molecule has 2 aromatic carbocycles. The second-order valence-corrected chi connectivity index (χ2v) is 10.2. The minimum Gasteiger partial charge on any atom is -0.494 e. The fourth-order valence-electron chi connectivity index (χ4n) is 4.66. The molecule has 5 atom stereocenters. The number of hydrogen-bond donors (Lipinski definition) is 8. The normalized spacial score (nSPS) is 23.1. The van der Waals surface area contributed by atoms with Crippen molar-refractivity contribution < 1.29 is 54.4 Å². The first-order valence-corrected chi connectivity index (χ1v) is 13.6. The van der Waals surface area contributed by atoms with Gasteiger partial charge < -0.3 is 59.7 Å². The number of hydrogen-bond acceptors (Lipinski definition) is 12. The molecular weight excluding hydrogens is 538 g/mol. The number of aliphatic hydroxyl groups excluding tert-OH is 7. The molecule has 1 aliphatic rings. The zero-order chi connectivity index (χ0) is 29.4. The van der Waals surface area contributed by atoms with Gasteiger partial charge in [0.15, 0.2) is 0 Å². The highest BCUT2D eigenvalue weighted by atomic mass is 16.7. The predicted octanol–water partition coefficient (Wildman–Crippen LogP) is -0.529. The molecule has 1 aliphatic heterocycles. The minimum atomic E-state index is -1.54. The highest BCUT2D eigenvalue weighted by molar-refractivity contribution is 5.87. The monoisotopic (exact) mass is 577 g/mol. The summed E-state index contributed by atoms with van der Waals surface area (Å²) in [5, 5.41) is 71.7. The number of rotatable bonds is 15. The van der Waals surface area contributed by atoms with Crippen LogP contribution in [0.1, 0.15) is 17.5 Å². The van der Waals surface area contributed by atoms with Gasteiger partial charge in [0.1, 0.15) is 41.5 Å². The van der Waals surface area contributed by atoms with Gasteiger partial charge in [0.2, 0.25) is 6.29 Å². The topological polar surface area (TPSA) is 194 Å². The van der Waals surface area contributed by atoms with Crippen molar-refractivity contribution in [1.29, 1.82) is 0 Å². The molecule has 4 rings (SSSR count). The molecule has 1 saturated heterocycles. The van der Waals surface area contributed by atoms with Gasteiger partial charge in [0.05, 0.1) is 50.2 Å². The van der Waals surface area contributed by atoms with Crippen molar-refractivity contribution in [2.24, 2.45) is 0 Å². The Labute approximate surface area is 237 Å². The zero-order valence-corrected chi connectivity index (χ0v) is 22.6. The van der Waals surface area contributed by atoms with E-state index in [1.54, 1.807) is 24.5 Å². The van der Waals surface area contributed by atoms with E-state index in [2.05, 4.69) is 5.32 Å². The van der Waals surface area contributed by atoms with Gasteiger partial charge in [-0.1, -0.05) is 18.2 Å². The average molecular weight is 578 g/mol. The van der Waals surface area contributed by atoms with Crippen LogP contribution in [0.3, 0.4) is 0 Å². The minimum absolute atomic E-state index is 0.372. The third-order valence-electron chi connectivity index (χ3n) is 7.33. The number of aryl methyl sites for hydroxylation is 2. The fourth-order valence-corrected chi connectivity index (χ4v) is 4.66. The molecule has 0 spiro atoms. The number of fused-ring (bicyclic) bond motifs is 1. The lowest BCUT2D eigenvalue weighted by molar-refractivity contribution is -0.277. The maximum absolute atomic E-state index is 10.4. The van der Waals surface area contributed by atoms with Gasteiger partial charge >= 0.3 is 0 Å². The van der Waals surface area contributed by atoms with Crippen molar-refractivity contribution in [2.75, 3.05) is 39.6 Å². The first-order valence-electron chi connectivity index (χ1n) is 13.6. The van der Waals surface area contributed by atoms with Gasteiger partial charge in [-0.05, 0) is 55.6 Å². The van der Waals surface area contributed by atoms with E-state index >= 15 is 0 Å². The van der Waals surface area contributed by atoms with Crippen molar-refractivity contribution in [3.8, 4) is 11.5 Å². The van der Waals surface area contributed by atoms with Crippen molar-refractivity contribution >= 4 is 11.0 Å². The number of furan rings is 1. The first kappa shape index (κ1) is 31.2. The molecule has 2 heterocycles. The van der Waals surface area contributed by atoms with E-state index in [9.17, 15) is 35.7 Å². The molecule has 8 N–H and O–H groups in total. The maximum Gasteiger partial charge on any atom is 0.229 e. The van der Waals surface area contributed by atoms with Crippen LogP contribution >= 0.6 is 0 Å². The van der Waals surface area contributed by atoms with Crippen LogP contribution in [0.5, 0.6) is 11.5 Å². The summed E-state index contributed by atoms with van der Waals surface area (Å²) >= 11 is 0. The van der Waals surface area contributed by atoms with Crippen molar-refractivity contribution in [1.82, 2.24) is 5.32 Å². The molecule has 41 heavy (non-hydrogen) atoms. The van der Waals surface area contributed by atoms with E-state index in [-0.39, 0.29) is 19.8 Å². The van der Waals surface area contributed by atoms with Gasteiger partial charge in [-0.25, -0.2) is 0 Å². The van der Waals surface area contributed by atoms with Crippen LogP contribution in [0, 0.1) is 0 Å². The molecule has 0 amide bonds. The molecule has 12 heteroatoms. The Morgan fingerprint density at radius 3 is 2.27 bits per heavy atom. The van der Waals surface area contributed by atoms with Gasteiger partial charge in [-0.3, -0.25) is 0 Å². The van der Waals surface area contributed by atoms with E-state index in [0.717, 1.165) is 11.1 Å². The second kappa shape index (κ2) is 14.4. The van der Waals surface area contributed by atoms with Gasteiger partial charge in [-0.2, -0.15) is 0 Å². The fraction of sp³-hybridized carbons (Fsp3) is 0.517. The maximum atomic E-state index is 10.4. The largest absolute Gasteiger partial charge is 0.494 e. The van der Waals surface area contributed by atoms with Crippen LogP contribution in [-0.2, 0) is 17.6 Å². The molecule has 0 radical (unpaired) electrons. The Morgan fingerprint density at radius 2 is 1.59 bits per heavy atom. The van der Waals surface area contributed by atoms with Gasteiger partial charge in [-0.15, -0.1) is 0 Å². The summed E-state index contributed by atoms with van der Waals surface area (Å²) in [5.41, 5.74) is 1.42. The predicted molar refractivity (Wildman–Crippen MR) is 147 cm³/mol. The van der Waals surface area contributed by atoms with E-state index in [1.165, 1.54) is 0 Å². The lowest BCUT2D eigenvalue weighted by Crippen LogP contribution is -2.60. The van der Waals surface area contributed by atoms with Crippen molar-refractivity contribution in [2.45, 2.75) is 55.5 Å². The molecule has 0 unspecified atom stereocenters. The van der Waals surface area contributed by atoms with Crippen molar-refractivity contribution in [3.63, 3.8) is 0 Å². The molecule has 0 aliphatic carbocycles. The SMILES string of the molecule is OC[C@H]1O[C@@H](Oc2cccc3occ(CCc4ccc(OCCCNC(CO)(CO)CO)cc4)c23)[C@H](O)[C@@H](O)[C@@H]1O. The third kappa shape index (κ3) is 7.36. The Morgan fingerprint density at radius 1 is 0.854 bits per heavy atom. The summed E-state index contributed by atoms with van der Waals surface area (Å²) in [4.78, 5) is 0. The Kier molecular flexibility index (Phi) is 10.9. The second-order valence-electron chi connectivity index (χ2n) is 10.2. The van der Waals surface area contributed by atoms with Crippen LogP contribution < -0.4 is 14.8 Å². The highest BCUT2D eigenvalue weighted by Gasteiger charge is 2.45. The summed E-state index contributed by atoms with van der Waals surface area (Å²) < 4.78 is 22.9. The van der Waals surface area contributed by atoms with E-state index in [0.29, 0.717) is 54.9 Å². The zero-order valence-electron chi connectivity index (χ0n) is 22.6. The Balaban J connectivity index is 1.33. The first-order chi connectivity index (χ1) is 19.8. The molecule has 12 nitrogen and oxygen atoms in total. The average Bonchev–Trinajstić information content (AvgIpc) is 3.43. The quantitative estimate of drug-likeness (QED) is 0.108. The molecule has 3 aromatic rings. The molecular formula is C29H39NO11. The summed E-state index contributed by atoms with van der Waals surface area (Å²) in [7, 11) is 0. The lowest BCUT2D eigenvalue weighted by Gasteiger charge is -2.39. The molecule has 226 valence electrons. The van der Waals surface area contributed by atoms with Crippen LogP contribution in [0.25, 0.3) is 11.0 Å². The summed E-state index contributed by atoms with van der Waals surface area (Å²) in [5.74, 6) is 1.08. The third-order valence-corrected chi connectivity index (χ3v) is 7.33. The summed E-state index contributed by atoms with van der Waals surface area (Å²) in [6.45, 7) is -0.784. The Hall–Kier alpha value is -2.78. The van der Waals surface area contributed by atoms with E-state index in [4.69, 9.17) is 18.6 Å². The number of aliphatic hydroxyl groups is 7. The van der Waals surface area contributed by atoms with Gasteiger partial charge in [0.25, 0.3) is 0 Å². The van der Waals surface area contributed by atoms with E-state index in [1.807, 2.05) is 24.3 Å². The molecule has 1 aromatic heterocycles. The molecule has 0 bridgehead atoms. The number of ether oxygens (including phenoxy) is 3. The Bertz CT molecular complexity index is 1200. The van der Waals surface area contributed by atoms with Crippen molar-refractivity contribution in [3.05, 3.63) is 59.9 Å². The summed E-state index contributed by atoms with van der Waals surface area (Å²) in [6.07, 6.45) is -3.34. The lowest BCUT2D eigenvalue weighted by atomic mass is 9.99. The van der Waals surface area contributed by atoms with Gasteiger partial charge in [0, 0.05) is 5.56 Å².